The van der Waals surface area contributed by atoms with Crippen LogP contribution in [0.25, 0.3) is 11.4 Å². The number of aromatic nitrogens is 2. The molecule has 2 N–H and O–H groups in total. The van der Waals surface area contributed by atoms with Gasteiger partial charge in [-0.25, -0.2) is 0 Å². The zero-order chi connectivity index (χ0) is 14.2. The fraction of sp³-hybridized carbons (Fsp3) is 0.125. The van der Waals surface area contributed by atoms with Crippen LogP contribution in [-0.4, -0.2) is 16.7 Å². The molecule has 1 aliphatic rings. The van der Waals surface area contributed by atoms with Gasteiger partial charge in [-0.15, -0.1) is 0 Å². The Labute approximate surface area is 121 Å². The maximum Gasteiger partial charge on any atom is 0.238 e. The number of hydrogen-bond acceptors (Lipinski definition) is 5. The van der Waals surface area contributed by atoms with Crippen molar-refractivity contribution in [3.63, 3.8) is 0 Å². The lowest BCUT2D eigenvalue weighted by Crippen LogP contribution is -2.02. The molecular formula is C16H13N3O2. The first-order valence-electron chi connectivity index (χ1n) is 6.73. The minimum absolute atomic E-state index is 0.0209. The number of benzene rings is 2. The molecule has 4 rings (SSSR count). The van der Waals surface area contributed by atoms with Gasteiger partial charge in [0.2, 0.25) is 11.7 Å². The number of nitrogens with zero attached hydrogens (tertiary/aromatic N) is 2. The van der Waals surface area contributed by atoms with Crippen molar-refractivity contribution in [1.82, 2.24) is 10.1 Å². The highest BCUT2D eigenvalue weighted by Gasteiger charge is 2.30. The van der Waals surface area contributed by atoms with Crippen molar-refractivity contribution in [1.29, 1.82) is 0 Å². The summed E-state index contributed by atoms with van der Waals surface area (Å²) in [7, 11) is 0. The molecule has 1 unspecified atom stereocenters. The molecule has 0 fully saturated rings. The second kappa shape index (κ2) is 4.63. The van der Waals surface area contributed by atoms with E-state index >= 15 is 0 Å². The van der Waals surface area contributed by atoms with Crippen LogP contribution >= 0.6 is 0 Å². The van der Waals surface area contributed by atoms with Gasteiger partial charge in [-0.05, 0) is 18.2 Å². The molecule has 5 nitrogen and oxygen atoms in total. The number of ether oxygens (including phenoxy) is 1. The standard InChI is InChI=1S/C16H13N3O2/c17-13-7-3-1-6-11(13)15-18-16(21-19-15)12-9-20-14-8-4-2-5-10(12)14/h1-8,12H,9,17H2. The number of nitrogen functional groups attached to an aromatic ring is 1. The van der Waals surface area contributed by atoms with Gasteiger partial charge in [0, 0.05) is 16.8 Å². The molecule has 2 heterocycles. The highest BCUT2D eigenvalue weighted by Crippen LogP contribution is 2.37. The van der Waals surface area contributed by atoms with Crippen LogP contribution in [0.15, 0.2) is 53.1 Å². The van der Waals surface area contributed by atoms with E-state index in [0.29, 0.717) is 24.0 Å². The van der Waals surface area contributed by atoms with E-state index in [0.717, 1.165) is 16.9 Å². The van der Waals surface area contributed by atoms with E-state index in [-0.39, 0.29) is 5.92 Å². The number of nitrogens with two attached hydrogens (primary N) is 1. The molecule has 1 atom stereocenters. The van der Waals surface area contributed by atoms with Crippen molar-refractivity contribution in [2.75, 3.05) is 12.3 Å². The summed E-state index contributed by atoms with van der Waals surface area (Å²) in [6.45, 7) is 0.519. The molecule has 2 aromatic carbocycles. The van der Waals surface area contributed by atoms with Crippen molar-refractivity contribution in [2.45, 2.75) is 5.92 Å². The van der Waals surface area contributed by atoms with E-state index in [1.54, 1.807) is 0 Å². The molecule has 0 saturated carbocycles. The monoisotopic (exact) mass is 279 g/mol. The summed E-state index contributed by atoms with van der Waals surface area (Å²) in [4.78, 5) is 4.48. The zero-order valence-corrected chi connectivity index (χ0v) is 11.2. The van der Waals surface area contributed by atoms with Gasteiger partial charge in [-0.2, -0.15) is 4.98 Å². The molecule has 5 heteroatoms. The Balaban J connectivity index is 1.72. The molecule has 3 aromatic rings. The van der Waals surface area contributed by atoms with E-state index in [2.05, 4.69) is 10.1 Å². The van der Waals surface area contributed by atoms with Gasteiger partial charge < -0.3 is 15.0 Å². The highest BCUT2D eigenvalue weighted by molar-refractivity contribution is 5.70. The van der Waals surface area contributed by atoms with Gasteiger partial charge in [0.05, 0.1) is 0 Å². The minimum Gasteiger partial charge on any atom is -0.492 e. The molecule has 0 radical (unpaired) electrons. The van der Waals surface area contributed by atoms with Crippen LogP contribution in [0.1, 0.15) is 17.4 Å². The van der Waals surface area contributed by atoms with Gasteiger partial charge in [-0.1, -0.05) is 35.5 Å². The van der Waals surface area contributed by atoms with E-state index < -0.39 is 0 Å². The Morgan fingerprint density at radius 3 is 2.76 bits per heavy atom. The molecule has 1 aromatic heterocycles. The third kappa shape index (κ3) is 1.94. The van der Waals surface area contributed by atoms with Crippen LogP contribution in [-0.2, 0) is 0 Å². The molecule has 21 heavy (non-hydrogen) atoms. The first kappa shape index (κ1) is 12.0. The predicted molar refractivity (Wildman–Crippen MR) is 77.9 cm³/mol. The van der Waals surface area contributed by atoms with Crippen LogP contribution in [0.4, 0.5) is 5.69 Å². The molecular weight excluding hydrogens is 266 g/mol. The van der Waals surface area contributed by atoms with Gasteiger partial charge in [-0.3, -0.25) is 0 Å². The van der Waals surface area contributed by atoms with Crippen molar-refractivity contribution < 1.29 is 9.26 Å². The average molecular weight is 279 g/mol. The maximum atomic E-state index is 5.95. The van der Waals surface area contributed by atoms with E-state index in [4.69, 9.17) is 15.0 Å². The molecule has 0 bridgehead atoms. The average Bonchev–Trinajstić information content (AvgIpc) is 3.14. The summed E-state index contributed by atoms with van der Waals surface area (Å²) in [6, 6.07) is 15.4. The van der Waals surface area contributed by atoms with E-state index in [9.17, 15) is 0 Å². The molecule has 104 valence electrons. The SMILES string of the molecule is Nc1ccccc1-c1noc(C2COc3ccccc32)n1. The third-order valence-electron chi connectivity index (χ3n) is 3.64. The maximum absolute atomic E-state index is 5.95. The van der Waals surface area contributed by atoms with Crippen LogP contribution < -0.4 is 10.5 Å². The second-order valence-corrected chi connectivity index (χ2v) is 4.94. The Hall–Kier alpha value is -2.82. The first-order chi connectivity index (χ1) is 10.3. The van der Waals surface area contributed by atoms with Gasteiger partial charge in [0.25, 0.3) is 0 Å². The lowest BCUT2D eigenvalue weighted by Gasteiger charge is -2.01. The van der Waals surface area contributed by atoms with Crippen LogP contribution in [0, 0.1) is 0 Å². The summed E-state index contributed by atoms with van der Waals surface area (Å²) >= 11 is 0. The number of para-hydroxylation sites is 2. The molecule has 0 spiro atoms. The van der Waals surface area contributed by atoms with Crippen LogP contribution in [0.2, 0.25) is 0 Å². The quantitative estimate of drug-likeness (QED) is 0.730. The van der Waals surface area contributed by atoms with Crippen LogP contribution in [0.5, 0.6) is 5.75 Å². The van der Waals surface area contributed by atoms with Gasteiger partial charge >= 0.3 is 0 Å². The number of rotatable bonds is 2. The summed E-state index contributed by atoms with van der Waals surface area (Å²) in [5, 5.41) is 4.04. The summed E-state index contributed by atoms with van der Waals surface area (Å²) in [5.41, 5.74) is 8.43. The summed E-state index contributed by atoms with van der Waals surface area (Å²) in [6.07, 6.45) is 0. The lowest BCUT2D eigenvalue weighted by atomic mass is 10.0. The lowest BCUT2D eigenvalue weighted by molar-refractivity contribution is 0.305. The number of anilines is 1. The van der Waals surface area contributed by atoms with Crippen molar-refractivity contribution in [3.05, 3.63) is 60.0 Å². The van der Waals surface area contributed by atoms with Crippen molar-refractivity contribution >= 4 is 5.69 Å². The Morgan fingerprint density at radius 2 is 1.86 bits per heavy atom. The Bertz CT molecular complexity index is 797. The second-order valence-electron chi connectivity index (χ2n) is 4.94. The largest absolute Gasteiger partial charge is 0.492 e. The number of hydrogen-bond donors (Lipinski definition) is 1. The zero-order valence-electron chi connectivity index (χ0n) is 11.2. The van der Waals surface area contributed by atoms with E-state index in [1.807, 2.05) is 48.5 Å². The fourth-order valence-electron chi connectivity index (χ4n) is 2.55. The third-order valence-corrected chi connectivity index (χ3v) is 3.64. The molecule has 0 aliphatic carbocycles. The Morgan fingerprint density at radius 1 is 1.05 bits per heavy atom. The minimum atomic E-state index is -0.0209. The summed E-state index contributed by atoms with van der Waals surface area (Å²) < 4.78 is 11.1. The smallest absolute Gasteiger partial charge is 0.238 e. The van der Waals surface area contributed by atoms with Gasteiger partial charge in [0.15, 0.2) is 0 Å². The van der Waals surface area contributed by atoms with Crippen molar-refractivity contribution in [2.24, 2.45) is 0 Å². The fourth-order valence-corrected chi connectivity index (χ4v) is 2.55. The number of fused-ring (bicyclic) bond motifs is 1. The molecule has 1 aliphatic heterocycles. The molecule has 0 amide bonds. The first-order valence-corrected chi connectivity index (χ1v) is 6.73. The Kier molecular flexibility index (Phi) is 2.64. The summed E-state index contributed by atoms with van der Waals surface area (Å²) in [5.74, 6) is 1.92. The normalized spacial score (nSPS) is 16.5. The van der Waals surface area contributed by atoms with E-state index in [1.165, 1.54) is 0 Å². The van der Waals surface area contributed by atoms with Crippen molar-refractivity contribution in [3.8, 4) is 17.1 Å². The predicted octanol–water partition coefficient (Wildman–Crippen LogP) is 2.84. The highest BCUT2D eigenvalue weighted by atomic mass is 16.5. The van der Waals surface area contributed by atoms with Crippen LogP contribution in [0.3, 0.4) is 0 Å². The topological polar surface area (TPSA) is 74.2 Å². The molecule has 0 saturated heterocycles. The van der Waals surface area contributed by atoms with Gasteiger partial charge in [0.1, 0.15) is 18.3 Å².